The number of nitrogens with one attached hydrogen (secondary N) is 1. The Labute approximate surface area is 140 Å². The fourth-order valence-electron chi connectivity index (χ4n) is 2.14. The zero-order chi connectivity index (χ0) is 16.9. The number of urea groups is 1. The molecule has 0 aliphatic rings. The fraction of sp³-hybridized carbons (Fsp3) is 0.611. The Morgan fingerprint density at radius 1 is 1.00 bits per heavy atom. The topological polar surface area (TPSA) is 50.8 Å². The first-order valence-electron chi connectivity index (χ1n) is 8.60. The molecule has 1 aromatic carbocycles. The number of amides is 2. The van der Waals surface area contributed by atoms with Gasteiger partial charge in [0.1, 0.15) is 0 Å². The molecular formula is C18H30N2O3. The molecule has 0 unspecified atom stereocenters. The molecule has 5 nitrogen and oxygen atoms in total. The van der Waals surface area contributed by atoms with Gasteiger partial charge in [-0.1, -0.05) is 38.8 Å². The molecule has 5 heteroatoms. The third-order valence-electron chi connectivity index (χ3n) is 3.45. The van der Waals surface area contributed by atoms with Crippen LogP contribution in [0.1, 0.15) is 46.5 Å². The van der Waals surface area contributed by atoms with Gasteiger partial charge in [-0.2, -0.15) is 0 Å². The summed E-state index contributed by atoms with van der Waals surface area (Å²) in [6.07, 6.45) is 4.19. The minimum Gasteiger partial charge on any atom is -0.490 e. The van der Waals surface area contributed by atoms with E-state index in [9.17, 15) is 4.79 Å². The summed E-state index contributed by atoms with van der Waals surface area (Å²) in [6.45, 7) is 8.48. The minimum atomic E-state index is -0.0687. The van der Waals surface area contributed by atoms with Gasteiger partial charge in [-0.05, 0) is 31.9 Å². The number of carbonyl (C=O) groups excluding carboxylic acids is 1. The van der Waals surface area contributed by atoms with E-state index >= 15 is 0 Å². The van der Waals surface area contributed by atoms with Gasteiger partial charge in [0.2, 0.25) is 0 Å². The van der Waals surface area contributed by atoms with Crippen molar-refractivity contribution >= 4 is 6.03 Å². The summed E-state index contributed by atoms with van der Waals surface area (Å²) in [5.41, 5.74) is 0. The van der Waals surface area contributed by atoms with E-state index in [1.807, 2.05) is 36.1 Å². The summed E-state index contributed by atoms with van der Waals surface area (Å²) in [7, 11) is 0. The average Bonchev–Trinajstić information content (AvgIpc) is 2.56. The van der Waals surface area contributed by atoms with Crippen LogP contribution in [-0.2, 0) is 0 Å². The van der Waals surface area contributed by atoms with Crippen molar-refractivity contribution < 1.29 is 14.3 Å². The van der Waals surface area contributed by atoms with E-state index in [0.29, 0.717) is 18.1 Å². The third-order valence-corrected chi connectivity index (χ3v) is 3.45. The van der Waals surface area contributed by atoms with Crippen LogP contribution in [0.15, 0.2) is 24.3 Å². The van der Waals surface area contributed by atoms with E-state index in [1.54, 1.807) is 0 Å². The zero-order valence-electron chi connectivity index (χ0n) is 14.6. The van der Waals surface area contributed by atoms with Gasteiger partial charge in [0.05, 0.1) is 6.61 Å². The van der Waals surface area contributed by atoms with E-state index in [-0.39, 0.29) is 12.8 Å². The second kappa shape index (κ2) is 11.6. The monoisotopic (exact) mass is 322 g/mol. The molecule has 130 valence electrons. The van der Waals surface area contributed by atoms with Crippen molar-refractivity contribution in [2.45, 2.75) is 46.5 Å². The van der Waals surface area contributed by atoms with Crippen LogP contribution in [0.3, 0.4) is 0 Å². The highest BCUT2D eigenvalue weighted by atomic mass is 16.5. The maximum atomic E-state index is 12.3. The molecule has 0 bridgehead atoms. The Morgan fingerprint density at radius 3 is 2.09 bits per heavy atom. The van der Waals surface area contributed by atoms with E-state index < -0.39 is 0 Å². The Kier molecular flexibility index (Phi) is 9.68. The molecule has 1 rings (SSSR count). The molecule has 0 heterocycles. The number of hydrogen-bond donors (Lipinski definition) is 1. The molecule has 0 saturated heterocycles. The number of para-hydroxylation sites is 2. The Balaban J connectivity index is 2.47. The minimum absolute atomic E-state index is 0.0687. The highest BCUT2D eigenvalue weighted by Crippen LogP contribution is 2.25. The molecular weight excluding hydrogens is 292 g/mol. The van der Waals surface area contributed by atoms with Crippen LogP contribution in [0, 0.1) is 0 Å². The molecule has 0 spiro atoms. The molecule has 0 atom stereocenters. The summed E-state index contributed by atoms with van der Waals surface area (Å²) >= 11 is 0. The number of ether oxygens (including phenoxy) is 2. The van der Waals surface area contributed by atoms with E-state index in [1.165, 1.54) is 0 Å². The molecule has 0 radical (unpaired) electrons. The van der Waals surface area contributed by atoms with E-state index in [4.69, 9.17) is 9.47 Å². The van der Waals surface area contributed by atoms with Gasteiger partial charge < -0.3 is 19.7 Å². The zero-order valence-corrected chi connectivity index (χ0v) is 14.6. The first-order valence-corrected chi connectivity index (χ1v) is 8.60. The first kappa shape index (κ1) is 19.1. The smallest absolute Gasteiger partial charge is 0.320 e. The normalized spacial score (nSPS) is 10.2. The van der Waals surface area contributed by atoms with Crippen molar-refractivity contribution in [2.24, 2.45) is 0 Å². The van der Waals surface area contributed by atoms with Gasteiger partial charge in [-0.15, -0.1) is 0 Å². The predicted octanol–water partition coefficient (Wildman–Crippen LogP) is 4.03. The van der Waals surface area contributed by atoms with Crippen LogP contribution in [0.5, 0.6) is 11.5 Å². The van der Waals surface area contributed by atoms with Crippen LogP contribution >= 0.6 is 0 Å². The lowest BCUT2D eigenvalue weighted by atomic mass is 10.3. The molecule has 1 aromatic rings. The summed E-state index contributed by atoms with van der Waals surface area (Å²) in [5, 5.41) is 2.83. The number of unbranched alkanes of at least 4 members (excludes halogenated alkanes) is 2. The number of rotatable bonds is 11. The summed E-state index contributed by atoms with van der Waals surface area (Å²) < 4.78 is 11.1. The summed E-state index contributed by atoms with van der Waals surface area (Å²) in [5.74, 6) is 1.33. The number of hydrogen-bond acceptors (Lipinski definition) is 3. The SMILES string of the molecule is CCCCN(CCCC)C(=O)NCOc1ccccc1OCC. The molecule has 0 aliphatic heterocycles. The van der Waals surface area contributed by atoms with Gasteiger partial charge in [0, 0.05) is 13.1 Å². The largest absolute Gasteiger partial charge is 0.490 e. The van der Waals surface area contributed by atoms with Gasteiger partial charge in [-0.25, -0.2) is 4.79 Å². The van der Waals surface area contributed by atoms with Gasteiger partial charge in [0.25, 0.3) is 0 Å². The van der Waals surface area contributed by atoms with Crippen molar-refractivity contribution in [3.05, 3.63) is 24.3 Å². The lowest BCUT2D eigenvalue weighted by Crippen LogP contribution is -2.42. The quantitative estimate of drug-likeness (QED) is 0.626. The third kappa shape index (κ3) is 7.26. The van der Waals surface area contributed by atoms with Crippen molar-refractivity contribution in [1.29, 1.82) is 0 Å². The van der Waals surface area contributed by atoms with Crippen molar-refractivity contribution in [3.8, 4) is 11.5 Å². The molecule has 0 aliphatic carbocycles. The van der Waals surface area contributed by atoms with Crippen molar-refractivity contribution in [3.63, 3.8) is 0 Å². The lowest BCUT2D eigenvalue weighted by Gasteiger charge is -2.23. The Morgan fingerprint density at radius 2 is 1.57 bits per heavy atom. The van der Waals surface area contributed by atoms with E-state index in [0.717, 1.165) is 38.8 Å². The first-order chi connectivity index (χ1) is 11.2. The van der Waals surface area contributed by atoms with Gasteiger partial charge in [-0.3, -0.25) is 0 Å². The molecule has 0 saturated carbocycles. The summed E-state index contributed by atoms with van der Waals surface area (Å²) in [4.78, 5) is 14.1. The van der Waals surface area contributed by atoms with E-state index in [2.05, 4.69) is 19.2 Å². The van der Waals surface area contributed by atoms with Gasteiger partial charge >= 0.3 is 6.03 Å². The average molecular weight is 322 g/mol. The van der Waals surface area contributed by atoms with Crippen LogP contribution in [-0.4, -0.2) is 37.4 Å². The second-order valence-electron chi connectivity index (χ2n) is 5.34. The lowest BCUT2D eigenvalue weighted by molar-refractivity contribution is 0.181. The number of nitrogens with zero attached hydrogens (tertiary/aromatic N) is 1. The Bertz CT molecular complexity index is 444. The maximum absolute atomic E-state index is 12.3. The molecule has 0 aromatic heterocycles. The number of carbonyl (C=O) groups is 1. The summed E-state index contributed by atoms with van der Waals surface area (Å²) in [6, 6.07) is 7.40. The number of benzene rings is 1. The van der Waals surface area contributed by atoms with Crippen LogP contribution in [0.4, 0.5) is 4.79 Å². The molecule has 1 N–H and O–H groups in total. The molecule has 2 amide bonds. The predicted molar refractivity (Wildman–Crippen MR) is 93.0 cm³/mol. The van der Waals surface area contributed by atoms with Gasteiger partial charge in [0.15, 0.2) is 18.2 Å². The highest BCUT2D eigenvalue weighted by molar-refractivity contribution is 5.74. The second-order valence-corrected chi connectivity index (χ2v) is 5.34. The highest BCUT2D eigenvalue weighted by Gasteiger charge is 2.12. The standard InChI is InChI=1S/C18H30N2O3/c1-4-7-13-20(14-8-5-2)18(21)19-15-23-17-12-10-9-11-16(17)22-6-3/h9-12H,4-8,13-15H2,1-3H3,(H,19,21). The fourth-order valence-corrected chi connectivity index (χ4v) is 2.14. The molecule has 0 fully saturated rings. The van der Waals surface area contributed by atoms with Crippen LogP contribution in [0.2, 0.25) is 0 Å². The maximum Gasteiger partial charge on any atom is 0.320 e. The van der Waals surface area contributed by atoms with Crippen LogP contribution < -0.4 is 14.8 Å². The molecule has 23 heavy (non-hydrogen) atoms. The van der Waals surface area contributed by atoms with Crippen molar-refractivity contribution in [1.82, 2.24) is 10.2 Å². The Hall–Kier alpha value is -1.91. The van der Waals surface area contributed by atoms with Crippen molar-refractivity contribution in [2.75, 3.05) is 26.4 Å². The van der Waals surface area contributed by atoms with Crippen LogP contribution in [0.25, 0.3) is 0 Å².